The second kappa shape index (κ2) is 6.45. The average molecular weight is 320 g/mol. The van der Waals surface area contributed by atoms with Crippen molar-refractivity contribution in [3.63, 3.8) is 0 Å². The van der Waals surface area contributed by atoms with Crippen molar-refractivity contribution in [2.24, 2.45) is 0 Å². The lowest BCUT2D eigenvalue weighted by Crippen LogP contribution is -2.34. The lowest BCUT2D eigenvalue weighted by molar-refractivity contribution is -0.123. The van der Waals surface area contributed by atoms with Crippen molar-refractivity contribution >= 4 is 25.6 Å². The number of amides is 1. The van der Waals surface area contributed by atoms with E-state index in [0.717, 1.165) is 0 Å². The van der Waals surface area contributed by atoms with E-state index in [9.17, 15) is 13.2 Å². The van der Waals surface area contributed by atoms with Gasteiger partial charge < -0.3 is 10.1 Å². The molecule has 0 aromatic heterocycles. The largest absolute Gasteiger partial charge is 0.483 e. The molecule has 0 fully saturated rings. The minimum atomic E-state index is -3.77. The van der Waals surface area contributed by atoms with Crippen LogP contribution in [0, 0.1) is 13.8 Å². The first-order chi connectivity index (χ1) is 9.11. The van der Waals surface area contributed by atoms with Gasteiger partial charge >= 0.3 is 0 Å². The molecule has 0 aliphatic carbocycles. The fourth-order valence-corrected chi connectivity index (χ4v) is 2.68. The minimum absolute atomic E-state index is 0.0214. The predicted molar refractivity (Wildman–Crippen MR) is 77.7 cm³/mol. The van der Waals surface area contributed by atoms with E-state index in [0.29, 0.717) is 16.9 Å². The van der Waals surface area contributed by atoms with Gasteiger partial charge in [0.25, 0.3) is 15.0 Å². The van der Waals surface area contributed by atoms with Crippen LogP contribution in [-0.4, -0.2) is 27.0 Å². The molecule has 7 heteroatoms. The summed E-state index contributed by atoms with van der Waals surface area (Å²) in [6.07, 6.45) is 0. The van der Waals surface area contributed by atoms with Crippen molar-refractivity contribution in [3.8, 4) is 5.75 Å². The fourth-order valence-electron chi connectivity index (χ4n) is 1.78. The highest BCUT2D eigenvalue weighted by atomic mass is 35.7. The number of aryl methyl sites for hydroxylation is 2. The maximum absolute atomic E-state index is 11.5. The molecule has 112 valence electrons. The van der Waals surface area contributed by atoms with Crippen molar-refractivity contribution < 1.29 is 17.9 Å². The quantitative estimate of drug-likeness (QED) is 0.844. The molecule has 1 amide bonds. The van der Waals surface area contributed by atoms with E-state index in [1.54, 1.807) is 13.8 Å². The Balaban J connectivity index is 2.90. The molecule has 1 aromatic rings. The Morgan fingerprint density at radius 1 is 1.30 bits per heavy atom. The first-order valence-electron chi connectivity index (χ1n) is 6.09. The summed E-state index contributed by atoms with van der Waals surface area (Å²) in [6, 6.07) is 2.88. The lowest BCUT2D eigenvalue weighted by atomic mass is 10.1. The topological polar surface area (TPSA) is 72.5 Å². The summed E-state index contributed by atoms with van der Waals surface area (Å²) < 4.78 is 28.0. The van der Waals surface area contributed by atoms with Crippen LogP contribution in [0.4, 0.5) is 0 Å². The maximum Gasteiger partial charge on any atom is 0.261 e. The maximum atomic E-state index is 11.5. The zero-order chi connectivity index (χ0) is 15.5. The Bertz CT molecular complexity index is 588. The van der Waals surface area contributed by atoms with E-state index < -0.39 is 9.05 Å². The summed E-state index contributed by atoms with van der Waals surface area (Å²) in [6.45, 7) is 7.00. The predicted octanol–water partition coefficient (Wildman–Crippen LogP) is 2.13. The molecule has 0 unspecified atom stereocenters. The van der Waals surface area contributed by atoms with Crippen molar-refractivity contribution in [2.45, 2.75) is 38.6 Å². The molecule has 0 aliphatic heterocycles. The number of nitrogens with one attached hydrogen (secondary N) is 1. The molecule has 5 nitrogen and oxygen atoms in total. The smallest absolute Gasteiger partial charge is 0.261 e. The summed E-state index contributed by atoms with van der Waals surface area (Å²) >= 11 is 0. The summed E-state index contributed by atoms with van der Waals surface area (Å²) in [5.74, 6) is 0.265. The molecule has 1 N–H and O–H groups in total. The van der Waals surface area contributed by atoms with E-state index in [-0.39, 0.29) is 23.5 Å². The molecule has 0 atom stereocenters. The zero-order valence-electron chi connectivity index (χ0n) is 11.9. The van der Waals surface area contributed by atoms with Gasteiger partial charge in [0.05, 0.1) is 4.90 Å². The molecule has 0 saturated heterocycles. The van der Waals surface area contributed by atoms with Crippen LogP contribution in [0.15, 0.2) is 17.0 Å². The number of carbonyl (C=O) groups excluding carboxylic acids is 1. The van der Waals surface area contributed by atoms with Crippen LogP contribution in [-0.2, 0) is 13.8 Å². The summed E-state index contributed by atoms with van der Waals surface area (Å²) in [7, 11) is 1.53. The molecule has 0 spiro atoms. The third kappa shape index (κ3) is 4.68. The second-order valence-corrected chi connectivity index (χ2v) is 7.40. The van der Waals surface area contributed by atoms with Crippen molar-refractivity contribution in [3.05, 3.63) is 23.3 Å². The standard InChI is InChI=1S/C13H18ClNO4S/c1-8(2)15-12(16)7-19-13-9(3)5-11(6-10(13)4)20(14,17)18/h5-6,8H,7H2,1-4H3,(H,15,16). The molecule has 0 aliphatic rings. The van der Waals surface area contributed by atoms with Gasteiger partial charge in [0, 0.05) is 16.7 Å². The van der Waals surface area contributed by atoms with Crippen molar-refractivity contribution in [2.75, 3.05) is 6.61 Å². The van der Waals surface area contributed by atoms with Gasteiger partial charge in [-0.3, -0.25) is 4.79 Å². The van der Waals surface area contributed by atoms with Gasteiger partial charge in [-0.15, -0.1) is 0 Å². The summed E-state index contributed by atoms with van der Waals surface area (Å²) in [5, 5.41) is 2.71. The van der Waals surface area contributed by atoms with Crippen LogP contribution in [0.3, 0.4) is 0 Å². The molecule has 0 radical (unpaired) electrons. The van der Waals surface area contributed by atoms with Crippen LogP contribution >= 0.6 is 10.7 Å². The molecule has 0 heterocycles. The van der Waals surface area contributed by atoms with E-state index in [1.807, 2.05) is 13.8 Å². The van der Waals surface area contributed by atoms with E-state index in [2.05, 4.69) is 5.32 Å². The highest BCUT2D eigenvalue weighted by Crippen LogP contribution is 2.28. The third-order valence-corrected chi connectivity index (χ3v) is 3.85. The van der Waals surface area contributed by atoms with Crippen LogP contribution in [0.1, 0.15) is 25.0 Å². The number of halogens is 1. The lowest BCUT2D eigenvalue weighted by Gasteiger charge is -2.14. The second-order valence-electron chi connectivity index (χ2n) is 4.83. The van der Waals surface area contributed by atoms with Crippen LogP contribution in [0.2, 0.25) is 0 Å². The van der Waals surface area contributed by atoms with Crippen molar-refractivity contribution in [1.82, 2.24) is 5.32 Å². The Kier molecular flexibility index (Phi) is 5.42. The van der Waals surface area contributed by atoms with Gasteiger partial charge in [0.2, 0.25) is 0 Å². The average Bonchev–Trinajstić information content (AvgIpc) is 2.25. The number of rotatable bonds is 5. The molecule has 0 bridgehead atoms. The molecule has 1 aromatic carbocycles. The minimum Gasteiger partial charge on any atom is -0.483 e. The highest BCUT2D eigenvalue weighted by molar-refractivity contribution is 8.13. The Labute approximate surface area is 123 Å². The molecule has 1 rings (SSSR count). The number of ether oxygens (including phenoxy) is 1. The Hall–Kier alpha value is -1.27. The first kappa shape index (κ1) is 16.8. The van der Waals surface area contributed by atoms with Gasteiger partial charge in [0.15, 0.2) is 6.61 Å². The van der Waals surface area contributed by atoms with Gasteiger partial charge in [-0.1, -0.05) is 0 Å². The van der Waals surface area contributed by atoms with E-state index in [4.69, 9.17) is 15.4 Å². The molecule has 20 heavy (non-hydrogen) atoms. The molecular weight excluding hydrogens is 302 g/mol. The third-order valence-electron chi connectivity index (χ3n) is 2.51. The van der Waals surface area contributed by atoms with Crippen LogP contribution in [0.25, 0.3) is 0 Å². The fraction of sp³-hybridized carbons (Fsp3) is 0.462. The molecule has 0 saturated carbocycles. The SMILES string of the molecule is Cc1cc(S(=O)(=O)Cl)cc(C)c1OCC(=O)NC(C)C. The number of hydrogen-bond acceptors (Lipinski definition) is 4. The summed E-state index contributed by atoms with van der Waals surface area (Å²) in [5.41, 5.74) is 1.23. The normalized spacial score (nSPS) is 11.5. The van der Waals surface area contributed by atoms with E-state index >= 15 is 0 Å². The molecular formula is C13H18ClNO4S. The first-order valence-corrected chi connectivity index (χ1v) is 8.40. The Morgan fingerprint density at radius 3 is 2.20 bits per heavy atom. The number of benzene rings is 1. The number of carbonyl (C=O) groups is 1. The van der Waals surface area contributed by atoms with Crippen LogP contribution < -0.4 is 10.1 Å². The van der Waals surface area contributed by atoms with Crippen LogP contribution in [0.5, 0.6) is 5.75 Å². The van der Waals surface area contributed by atoms with Gasteiger partial charge in [-0.25, -0.2) is 8.42 Å². The van der Waals surface area contributed by atoms with Gasteiger partial charge in [-0.2, -0.15) is 0 Å². The van der Waals surface area contributed by atoms with E-state index in [1.165, 1.54) is 12.1 Å². The number of hydrogen-bond donors (Lipinski definition) is 1. The Morgan fingerprint density at radius 2 is 1.80 bits per heavy atom. The summed E-state index contributed by atoms with van der Waals surface area (Å²) in [4.78, 5) is 11.5. The monoisotopic (exact) mass is 319 g/mol. The van der Waals surface area contributed by atoms with Gasteiger partial charge in [-0.05, 0) is 51.0 Å². The van der Waals surface area contributed by atoms with Crippen molar-refractivity contribution in [1.29, 1.82) is 0 Å². The van der Waals surface area contributed by atoms with Gasteiger partial charge in [0.1, 0.15) is 5.75 Å². The zero-order valence-corrected chi connectivity index (χ0v) is 13.4. The highest BCUT2D eigenvalue weighted by Gasteiger charge is 2.15.